The second kappa shape index (κ2) is 6.56. The number of aromatic nitrogens is 1. The minimum Gasteiger partial charge on any atom is -0.454 e. The zero-order chi connectivity index (χ0) is 20.1. The lowest BCUT2D eigenvalue weighted by molar-refractivity contribution is 0.259. The van der Waals surface area contributed by atoms with E-state index < -0.39 is 5.82 Å². The lowest BCUT2D eigenvalue weighted by atomic mass is 10.1. The van der Waals surface area contributed by atoms with Crippen LogP contribution in [0.25, 0.3) is 10.2 Å². The molecule has 0 unspecified atom stereocenters. The van der Waals surface area contributed by atoms with E-state index in [0.717, 1.165) is 37.7 Å². The fourth-order valence-corrected chi connectivity index (χ4v) is 4.53. The van der Waals surface area contributed by atoms with Gasteiger partial charge in [-0.25, -0.2) is 14.2 Å². The molecule has 0 bridgehead atoms. The summed E-state index contributed by atoms with van der Waals surface area (Å²) in [5, 5.41) is 3.93. The second-order valence-electron chi connectivity index (χ2n) is 6.79. The third-order valence-electron chi connectivity index (χ3n) is 4.90. The van der Waals surface area contributed by atoms with Crippen LogP contribution in [-0.2, 0) is 0 Å². The molecular formula is C22H16FN3O2S. The molecule has 144 valence electrons. The van der Waals surface area contributed by atoms with Crippen molar-refractivity contribution in [2.75, 3.05) is 10.2 Å². The third-order valence-corrected chi connectivity index (χ3v) is 5.91. The van der Waals surface area contributed by atoms with Crippen molar-refractivity contribution in [3.63, 3.8) is 0 Å². The zero-order valence-electron chi connectivity index (χ0n) is 15.7. The molecule has 3 heterocycles. The normalized spacial score (nSPS) is 12.9. The average Bonchev–Trinajstić information content (AvgIpc) is 3.01. The summed E-state index contributed by atoms with van der Waals surface area (Å²) in [4.78, 5) is 20.9. The Bertz CT molecular complexity index is 1280. The average molecular weight is 405 g/mol. The number of benzene rings is 2. The lowest BCUT2D eigenvalue weighted by Crippen LogP contribution is -2.34. The number of halogens is 1. The Morgan fingerprint density at radius 2 is 1.93 bits per heavy atom. The van der Waals surface area contributed by atoms with E-state index in [1.165, 1.54) is 6.07 Å². The first-order valence-electron chi connectivity index (χ1n) is 9.05. The summed E-state index contributed by atoms with van der Waals surface area (Å²) in [5.74, 6) is 0.231. The molecule has 0 aliphatic carbocycles. The molecule has 29 heavy (non-hydrogen) atoms. The van der Waals surface area contributed by atoms with Crippen LogP contribution in [0.1, 0.15) is 10.4 Å². The van der Waals surface area contributed by atoms with E-state index in [1.807, 2.05) is 26.0 Å². The molecule has 0 saturated carbocycles. The number of pyridine rings is 1. The molecule has 2 amide bonds. The summed E-state index contributed by atoms with van der Waals surface area (Å²) in [6.07, 6.45) is 1.72. The Balaban J connectivity index is 1.57. The molecule has 0 radical (unpaired) electrons. The van der Waals surface area contributed by atoms with Gasteiger partial charge in [-0.1, -0.05) is 12.1 Å². The number of nitrogens with zero attached hydrogens (tertiary/aromatic N) is 2. The van der Waals surface area contributed by atoms with Gasteiger partial charge in [-0.15, -0.1) is 11.3 Å². The SMILES string of the molecule is Cc1cc(Oc2ccccc2F)ccc1N1C(=O)Nc2c(C)sc3nccc1c23. The minimum absolute atomic E-state index is 0.157. The number of hydrogen-bond acceptors (Lipinski definition) is 4. The first-order valence-corrected chi connectivity index (χ1v) is 9.87. The van der Waals surface area contributed by atoms with E-state index in [-0.39, 0.29) is 11.8 Å². The second-order valence-corrected chi connectivity index (χ2v) is 7.99. The molecule has 0 saturated heterocycles. The van der Waals surface area contributed by atoms with Crippen LogP contribution in [0.5, 0.6) is 11.5 Å². The topological polar surface area (TPSA) is 54.5 Å². The number of rotatable bonds is 3. The van der Waals surface area contributed by atoms with Crippen LogP contribution < -0.4 is 15.0 Å². The Labute approximate surface area is 170 Å². The van der Waals surface area contributed by atoms with Gasteiger partial charge in [-0.05, 0) is 55.8 Å². The number of anilines is 3. The molecule has 2 aromatic carbocycles. The molecular weight excluding hydrogens is 389 g/mol. The van der Waals surface area contributed by atoms with E-state index in [9.17, 15) is 9.18 Å². The van der Waals surface area contributed by atoms with Gasteiger partial charge in [-0.2, -0.15) is 0 Å². The monoisotopic (exact) mass is 405 g/mol. The predicted molar refractivity (Wildman–Crippen MR) is 113 cm³/mol. The molecule has 1 aliphatic heterocycles. The van der Waals surface area contributed by atoms with Gasteiger partial charge in [0.05, 0.1) is 22.4 Å². The standard InChI is InChI=1S/C22H16FN3O2S/c1-12-11-14(28-18-6-4-3-5-15(18)23)7-8-16(12)26-17-9-10-24-21-19(17)20(13(2)29-21)25-22(26)27/h3-11H,1-2H3,(H,25,27). The largest absolute Gasteiger partial charge is 0.454 e. The number of aryl methyl sites for hydroxylation is 2. The predicted octanol–water partition coefficient (Wildman–Crippen LogP) is 6.53. The summed E-state index contributed by atoms with van der Waals surface area (Å²) >= 11 is 1.56. The van der Waals surface area contributed by atoms with Crippen LogP contribution in [-0.4, -0.2) is 11.0 Å². The summed E-state index contributed by atoms with van der Waals surface area (Å²) in [7, 11) is 0. The fraction of sp³-hybridized carbons (Fsp3) is 0.0909. The van der Waals surface area contributed by atoms with Crippen molar-refractivity contribution in [1.29, 1.82) is 0 Å². The molecule has 5 nitrogen and oxygen atoms in total. The number of carbonyl (C=O) groups is 1. The van der Waals surface area contributed by atoms with E-state index in [2.05, 4.69) is 10.3 Å². The molecule has 1 aliphatic rings. The Morgan fingerprint density at radius 3 is 2.72 bits per heavy atom. The minimum atomic E-state index is -0.427. The van der Waals surface area contributed by atoms with Gasteiger partial charge in [0.1, 0.15) is 10.6 Å². The van der Waals surface area contributed by atoms with Crippen molar-refractivity contribution in [3.8, 4) is 11.5 Å². The van der Waals surface area contributed by atoms with Gasteiger partial charge in [0.25, 0.3) is 0 Å². The molecule has 0 atom stereocenters. The Kier molecular flexibility index (Phi) is 3.99. The maximum atomic E-state index is 13.9. The highest BCUT2D eigenvalue weighted by atomic mass is 32.1. The van der Waals surface area contributed by atoms with Gasteiger partial charge in [-0.3, -0.25) is 4.90 Å². The number of hydrogen-bond donors (Lipinski definition) is 1. The summed E-state index contributed by atoms with van der Waals surface area (Å²) in [5.41, 5.74) is 3.18. The number of ether oxygens (including phenoxy) is 1. The third kappa shape index (κ3) is 2.82. The van der Waals surface area contributed by atoms with Gasteiger partial charge in [0, 0.05) is 11.1 Å². The zero-order valence-corrected chi connectivity index (χ0v) is 16.5. The molecule has 4 aromatic rings. The number of nitrogens with one attached hydrogen (secondary N) is 1. The van der Waals surface area contributed by atoms with Crippen LogP contribution in [0.15, 0.2) is 54.7 Å². The molecule has 1 N–H and O–H groups in total. The van der Waals surface area contributed by atoms with Crippen LogP contribution >= 0.6 is 11.3 Å². The first kappa shape index (κ1) is 17.6. The van der Waals surface area contributed by atoms with Crippen LogP contribution in [0.2, 0.25) is 0 Å². The van der Waals surface area contributed by atoms with Crippen LogP contribution in [0.3, 0.4) is 0 Å². The van der Waals surface area contributed by atoms with Crippen molar-refractivity contribution in [2.45, 2.75) is 13.8 Å². The summed E-state index contributed by atoms with van der Waals surface area (Å²) in [6.45, 7) is 3.87. The molecule has 7 heteroatoms. The van der Waals surface area contributed by atoms with E-state index in [0.29, 0.717) is 5.75 Å². The van der Waals surface area contributed by atoms with Gasteiger partial charge >= 0.3 is 6.03 Å². The van der Waals surface area contributed by atoms with Gasteiger partial charge < -0.3 is 10.1 Å². The van der Waals surface area contributed by atoms with Crippen LogP contribution in [0.4, 0.5) is 26.2 Å². The number of amides is 2. The Hall–Kier alpha value is -3.45. The highest BCUT2D eigenvalue weighted by molar-refractivity contribution is 7.19. The maximum absolute atomic E-state index is 13.9. The van der Waals surface area contributed by atoms with E-state index in [4.69, 9.17) is 4.74 Å². The molecule has 0 fully saturated rings. The van der Waals surface area contributed by atoms with E-state index in [1.54, 1.807) is 52.8 Å². The van der Waals surface area contributed by atoms with E-state index >= 15 is 0 Å². The fourth-order valence-electron chi connectivity index (χ4n) is 3.56. The van der Waals surface area contributed by atoms with Crippen LogP contribution in [0, 0.1) is 19.7 Å². The highest BCUT2D eigenvalue weighted by Gasteiger charge is 2.30. The molecule has 2 aromatic heterocycles. The number of para-hydroxylation sites is 1. The Morgan fingerprint density at radius 1 is 1.10 bits per heavy atom. The number of thiophene rings is 1. The number of carbonyl (C=O) groups excluding carboxylic acids is 1. The summed E-state index contributed by atoms with van der Waals surface area (Å²) in [6, 6.07) is 13.2. The van der Waals surface area contributed by atoms with Crippen molar-refractivity contribution in [3.05, 3.63) is 71.0 Å². The summed E-state index contributed by atoms with van der Waals surface area (Å²) < 4.78 is 19.6. The van der Waals surface area contributed by atoms with Gasteiger partial charge in [0.2, 0.25) is 0 Å². The molecule has 5 rings (SSSR count). The number of urea groups is 1. The molecule has 0 spiro atoms. The highest BCUT2D eigenvalue weighted by Crippen LogP contribution is 2.46. The van der Waals surface area contributed by atoms with Crippen molar-refractivity contribution in [2.24, 2.45) is 0 Å². The van der Waals surface area contributed by atoms with Crippen molar-refractivity contribution in [1.82, 2.24) is 4.98 Å². The van der Waals surface area contributed by atoms with Gasteiger partial charge in [0.15, 0.2) is 11.6 Å². The first-order chi connectivity index (χ1) is 14.0. The van der Waals surface area contributed by atoms with Crippen molar-refractivity contribution >= 4 is 44.6 Å². The maximum Gasteiger partial charge on any atom is 0.331 e. The lowest BCUT2D eigenvalue weighted by Gasteiger charge is -2.29. The smallest absolute Gasteiger partial charge is 0.331 e. The van der Waals surface area contributed by atoms with Crippen molar-refractivity contribution < 1.29 is 13.9 Å². The quantitative estimate of drug-likeness (QED) is 0.422.